The maximum Gasteiger partial charge on any atom is 0.267 e. The van der Waals surface area contributed by atoms with E-state index in [1.807, 2.05) is 48.5 Å². The number of nitrogens with zero attached hydrogens (tertiary/aromatic N) is 1. The summed E-state index contributed by atoms with van der Waals surface area (Å²) in [7, 11) is 0. The maximum atomic E-state index is 12.0. The number of amides is 1. The van der Waals surface area contributed by atoms with Gasteiger partial charge < -0.3 is 10.6 Å². The fourth-order valence-electron chi connectivity index (χ4n) is 1.92. The molecule has 1 amide bonds. The number of halogens is 1. The predicted octanol–water partition coefficient (Wildman–Crippen LogP) is 3.63. The second-order valence-electron chi connectivity index (χ2n) is 4.82. The summed E-state index contributed by atoms with van der Waals surface area (Å²) in [6, 6.07) is 19.1. The first-order chi connectivity index (χ1) is 11.2. The van der Waals surface area contributed by atoms with Crippen molar-refractivity contribution in [2.45, 2.75) is 6.42 Å². The van der Waals surface area contributed by atoms with E-state index in [0.717, 1.165) is 10.9 Å². The van der Waals surface area contributed by atoms with Crippen LogP contribution < -0.4 is 10.6 Å². The van der Waals surface area contributed by atoms with Crippen molar-refractivity contribution < 1.29 is 4.79 Å². The molecule has 0 saturated carbocycles. The standard InChI is InChI=1S/C18H16BrN3O/c19-16-6-8-17(9-7-16)22-18(23)15(12-20)13-21-11-10-14-4-2-1-3-5-14/h1-9,13,21H,10-11H2,(H,22,23)/b15-13-. The van der Waals surface area contributed by atoms with Crippen molar-refractivity contribution >= 4 is 27.5 Å². The zero-order valence-electron chi connectivity index (χ0n) is 12.4. The van der Waals surface area contributed by atoms with Crippen LogP contribution in [0.3, 0.4) is 0 Å². The highest BCUT2D eigenvalue weighted by molar-refractivity contribution is 9.10. The molecule has 5 heteroatoms. The summed E-state index contributed by atoms with van der Waals surface area (Å²) in [6.45, 7) is 0.654. The molecule has 116 valence electrons. The minimum atomic E-state index is -0.429. The summed E-state index contributed by atoms with van der Waals surface area (Å²) < 4.78 is 0.925. The van der Waals surface area contributed by atoms with Crippen molar-refractivity contribution in [3.8, 4) is 6.07 Å². The summed E-state index contributed by atoms with van der Waals surface area (Å²) in [6.07, 6.45) is 2.28. The molecule has 2 N–H and O–H groups in total. The van der Waals surface area contributed by atoms with Gasteiger partial charge in [-0.25, -0.2) is 0 Å². The van der Waals surface area contributed by atoms with E-state index in [4.69, 9.17) is 5.26 Å². The van der Waals surface area contributed by atoms with Gasteiger partial charge in [0, 0.05) is 22.9 Å². The lowest BCUT2D eigenvalue weighted by Gasteiger charge is -2.05. The monoisotopic (exact) mass is 369 g/mol. The molecule has 0 atom stereocenters. The van der Waals surface area contributed by atoms with Gasteiger partial charge in [0.25, 0.3) is 5.91 Å². The molecule has 0 heterocycles. The lowest BCUT2D eigenvalue weighted by Crippen LogP contribution is -2.17. The Balaban J connectivity index is 1.86. The normalized spacial score (nSPS) is 10.7. The molecule has 0 aliphatic rings. The molecule has 0 radical (unpaired) electrons. The molecule has 0 bridgehead atoms. The summed E-state index contributed by atoms with van der Waals surface area (Å²) in [4.78, 5) is 12.0. The smallest absolute Gasteiger partial charge is 0.267 e. The number of carbonyl (C=O) groups excluding carboxylic acids is 1. The third kappa shape index (κ3) is 5.61. The van der Waals surface area contributed by atoms with E-state index in [1.54, 1.807) is 12.1 Å². The highest BCUT2D eigenvalue weighted by Gasteiger charge is 2.08. The van der Waals surface area contributed by atoms with Crippen LogP contribution in [0, 0.1) is 11.3 Å². The Kier molecular flexibility index (Phi) is 6.40. The van der Waals surface area contributed by atoms with Crippen LogP contribution in [0.4, 0.5) is 5.69 Å². The van der Waals surface area contributed by atoms with Crippen molar-refractivity contribution in [1.82, 2.24) is 5.32 Å². The molecular formula is C18H16BrN3O. The van der Waals surface area contributed by atoms with Gasteiger partial charge in [-0.1, -0.05) is 46.3 Å². The Bertz CT molecular complexity index is 718. The van der Waals surface area contributed by atoms with Crippen LogP contribution in [0.1, 0.15) is 5.56 Å². The number of nitrogens with one attached hydrogen (secondary N) is 2. The Hall–Kier alpha value is -2.58. The highest BCUT2D eigenvalue weighted by atomic mass is 79.9. The van der Waals surface area contributed by atoms with Crippen LogP contribution in [-0.4, -0.2) is 12.5 Å². The Morgan fingerprint density at radius 3 is 2.48 bits per heavy atom. The fraction of sp³-hybridized carbons (Fsp3) is 0.111. The Morgan fingerprint density at radius 2 is 1.83 bits per heavy atom. The minimum absolute atomic E-state index is 0.0426. The van der Waals surface area contributed by atoms with Crippen molar-refractivity contribution in [3.63, 3.8) is 0 Å². The van der Waals surface area contributed by atoms with Crippen molar-refractivity contribution in [2.24, 2.45) is 0 Å². The van der Waals surface area contributed by atoms with E-state index in [0.29, 0.717) is 12.2 Å². The maximum absolute atomic E-state index is 12.0. The first-order valence-electron chi connectivity index (χ1n) is 7.13. The van der Waals surface area contributed by atoms with Crippen molar-refractivity contribution in [3.05, 3.63) is 76.4 Å². The van der Waals surface area contributed by atoms with Gasteiger partial charge in [0.1, 0.15) is 11.6 Å². The van der Waals surface area contributed by atoms with Gasteiger partial charge in [-0.05, 0) is 36.2 Å². The lowest BCUT2D eigenvalue weighted by molar-refractivity contribution is -0.112. The average Bonchev–Trinajstić information content (AvgIpc) is 2.58. The number of anilines is 1. The van der Waals surface area contributed by atoms with E-state index in [9.17, 15) is 4.79 Å². The quantitative estimate of drug-likeness (QED) is 0.464. The molecule has 2 rings (SSSR count). The molecule has 0 spiro atoms. The van der Waals surface area contributed by atoms with E-state index in [-0.39, 0.29) is 5.57 Å². The summed E-state index contributed by atoms with van der Waals surface area (Å²) in [5.74, 6) is -0.429. The molecule has 0 aliphatic carbocycles. The van der Waals surface area contributed by atoms with Gasteiger partial charge in [0.15, 0.2) is 0 Å². The van der Waals surface area contributed by atoms with E-state index < -0.39 is 5.91 Å². The average molecular weight is 370 g/mol. The molecule has 0 aromatic heterocycles. The van der Waals surface area contributed by atoms with Crippen molar-refractivity contribution in [1.29, 1.82) is 5.26 Å². The van der Waals surface area contributed by atoms with E-state index in [2.05, 4.69) is 26.6 Å². The molecule has 0 fully saturated rings. The van der Waals surface area contributed by atoms with Gasteiger partial charge in [0.2, 0.25) is 0 Å². The Morgan fingerprint density at radius 1 is 1.13 bits per heavy atom. The van der Waals surface area contributed by atoms with Crippen LogP contribution in [0.15, 0.2) is 70.8 Å². The number of carbonyl (C=O) groups is 1. The zero-order chi connectivity index (χ0) is 16.5. The number of rotatable bonds is 6. The van der Waals surface area contributed by atoms with Gasteiger partial charge in [-0.3, -0.25) is 4.79 Å². The third-order valence-corrected chi connectivity index (χ3v) is 3.64. The highest BCUT2D eigenvalue weighted by Crippen LogP contribution is 2.14. The van der Waals surface area contributed by atoms with E-state index >= 15 is 0 Å². The van der Waals surface area contributed by atoms with Gasteiger partial charge in [-0.15, -0.1) is 0 Å². The van der Waals surface area contributed by atoms with Crippen LogP contribution >= 0.6 is 15.9 Å². The predicted molar refractivity (Wildman–Crippen MR) is 94.6 cm³/mol. The van der Waals surface area contributed by atoms with Crippen LogP contribution in [0.25, 0.3) is 0 Å². The number of benzene rings is 2. The molecule has 0 unspecified atom stereocenters. The summed E-state index contributed by atoms with van der Waals surface area (Å²) >= 11 is 3.33. The molecule has 0 aliphatic heterocycles. The summed E-state index contributed by atoms with van der Waals surface area (Å²) in [5, 5.41) is 14.8. The Labute approximate surface area is 144 Å². The molecule has 23 heavy (non-hydrogen) atoms. The summed E-state index contributed by atoms with van der Waals surface area (Å²) in [5.41, 5.74) is 1.89. The van der Waals surface area contributed by atoms with Crippen LogP contribution in [-0.2, 0) is 11.2 Å². The number of hydrogen-bond acceptors (Lipinski definition) is 3. The molecule has 2 aromatic carbocycles. The topological polar surface area (TPSA) is 64.9 Å². The second-order valence-corrected chi connectivity index (χ2v) is 5.74. The molecule has 4 nitrogen and oxygen atoms in total. The van der Waals surface area contributed by atoms with Gasteiger partial charge in [-0.2, -0.15) is 5.26 Å². The van der Waals surface area contributed by atoms with Crippen LogP contribution in [0.2, 0.25) is 0 Å². The van der Waals surface area contributed by atoms with E-state index in [1.165, 1.54) is 11.8 Å². The van der Waals surface area contributed by atoms with Gasteiger partial charge in [0.05, 0.1) is 0 Å². The lowest BCUT2D eigenvalue weighted by atomic mass is 10.1. The third-order valence-electron chi connectivity index (χ3n) is 3.11. The first-order valence-corrected chi connectivity index (χ1v) is 7.93. The SMILES string of the molecule is N#C/C(=C/NCCc1ccccc1)C(=O)Nc1ccc(Br)cc1. The minimum Gasteiger partial charge on any atom is -0.389 e. The molecule has 2 aromatic rings. The zero-order valence-corrected chi connectivity index (χ0v) is 14.0. The molecule has 0 saturated heterocycles. The second kappa shape index (κ2) is 8.76. The van der Waals surface area contributed by atoms with Crippen LogP contribution in [0.5, 0.6) is 0 Å². The number of nitriles is 1. The molecular weight excluding hydrogens is 354 g/mol. The van der Waals surface area contributed by atoms with Crippen molar-refractivity contribution in [2.75, 3.05) is 11.9 Å². The number of hydrogen-bond donors (Lipinski definition) is 2. The largest absolute Gasteiger partial charge is 0.389 e. The first kappa shape index (κ1) is 16.8. The van der Waals surface area contributed by atoms with Gasteiger partial charge >= 0.3 is 0 Å². The fourth-order valence-corrected chi connectivity index (χ4v) is 2.18.